The maximum absolute atomic E-state index is 9.76. The molecule has 4 heteroatoms. The van der Waals surface area contributed by atoms with Crippen molar-refractivity contribution in [2.45, 2.75) is 26.2 Å². The Morgan fingerprint density at radius 1 is 0.769 bits per heavy atom. The fourth-order valence-electron chi connectivity index (χ4n) is 3.54. The lowest BCUT2D eigenvalue weighted by Gasteiger charge is -2.38. The van der Waals surface area contributed by atoms with Gasteiger partial charge in [-0.15, -0.1) is 0 Å². The Morgan fingerprint density at radius 2 is 1.31 bits per heavy atom. The molecule has 0 saturated heterocycles. The molecule has 0 radical (unpaired) electrons. The van der Waals surface area contributed by atoms with Gasteiger partial charge in [0.1, 0.15) is 0 Å². The van der Waals surface area contributed by atoms with Crippen LogP contribution in [0.4, 0.5) is 11.4 Å². The normalized spacial score (nSPS) is 13.6. The minimum Gasteiger partial charge on any atom is -0.452 e. The molecule has 0 fully saturated rings. The van der Waals surface area contributed by atoms with Crippen molar-refractivity contribution < 1.29 is 14.9 Å². The lowest BCUT2D eigenvalue weighted by molar-refractivity contribution is 0.270. The Balaban J connectivity index is 1.94. The lowest BCUT2D eigenvalue weighted by Crippen LogP contribution is -2.25. The summed E-state index contributed by atoms with van der Waals surface area (Å²) in [6, 6.07) is 21.9. The molecule has 0 saturated carbocycles. The van der Waals surface area contributed by atoms with Crippen molar-refractivity contribution in [1.82, 2.24) is 0 Å². The highest BCUT2D eigenvalue weighted by molar-refractivity contribution is 5.81. The molecule has 3 aromatic carbocycles. The van der Waals surface area contributed by atoms with Gasteiger partial charge in [0.25, 0.3) is 0 Å². The average molecular weight is 347 g/mol. The van der Waals surface area contributed by atoms with E-state index in [4.69, 9.17) is 4.74 Å². The Hall–Kier alpha value is -2.82. The van der Waals surface area contributed by atoms with Gasteiger partial charge in [0.05, 0.1) is 30.6 Å². The second-order valence-corrected chi connectivity index (χ2v) is 6.41. The molecule has 132 valence electrons. The second-order valence-electron chi connectivity index (χ2n) is 6.41. The Kier molecular flexibility index (Phi) is 4.37. The number of rotatable bonds is 4. The van der Waals surface area contributed by atoms with Gasteiger partial charge in [-0.2, -0.15) is 0 Å². The van der Waals surface area contributed by atoms with Gasteiger partial charge in [-0.1, -0.05) is 54.6 Å². The first-order valence-electron chi connectivity index (χ1n) is 8.72. The zero-order chi connectivity index (χ0) is 18.1. The largest absolute Gasteiger partial charge is 0.452 e. The van der Waals surface area contributed by atoms with Gasteiger partial charge in [0, 0.05) is 11.1 Å². The summed E-state index contributed by atoms with van der Waals surface area (Å²) >= 11 is 0. The van der Waals surface area contributed by atoms with E-state index in [0.717, 1.165) is 22.5 Å². The molecule has 0 aromatic heterocycles. The first-order chi connectivity index (χ1) is 12.7. The minimum atomic E-state index is -0.104. The molecule has 1 aliphatic rings. The molecule has 4 rings (SSSR count). The molecule has 1 aliphatic heterocycles. The number of benzene rings is 3. The fourth-order valence-corrected chi connectivity index (χ4v) is 3.54. The summed E-state index contributed by atoms with van der Waals surface area (Å²) in [5.74, 6) is 1.29. The number of para-hydroxylation sites is 2. The summed E-state index contributed by atoms with van der Waals surface area (Å²) < 4.78 is 6.18. The SMILES string of the molecule is CC(c1ccccc1)N1c2cccc(CO)c2Oc2c(CO)cccc21. The van der Waals surface area contributed by atoms with Crippen LogP contribution in [0.2, 0.25) is 0 Å². The molecule has 1 heterocycles. The second kappa shape index (κ2) is 6.83. The van der Waals surface area contributed by atoms with Crippen LogP contribution in [-0.4, -0.2) is 10.2 Å². The van der Waals surface area contributed by atoms with Crippen molar-refractivity contribution in [3.8, 4) is 11.5 Å². The number of nitrogens with zero attached hydrogens (tertiary/aromatic N) is 1. The highest BCUT2D eigenvalue weighted by Gasteiger charge is 2.31. The molecule has 0 amide bonds. The van der Waals surface area contributed by atoms with Crippen molar-refractivity contribution in [3.63, 3.8) is 0 Å². The number of aliphatic hydroxyl groups excluding tert-OH is 2. The number of hydrogen-bond donors (Lipinski definition) is 2. The predicted molar refractivity (Wildman–Crippen MR) is 102 cm³/mol. The Labute approximate surface area is 152 Å². The predicted octanol–water partition coefficient (Wildman–Crippen LogP) is 4.68. The van der Waals surface area contributed by atoms with E-state index in [1.165, 1.54) is 5.56 Å². The smallest absolute Gasteiger partial charge is 0.156 e. The van der Waals surface area contributed by atoms with Crippen LogP contribution in [0.15, 0.2) is 66.7 Å². The maximum Gasteiger partial charge on any atom is 0.156 e. The van der Waals surface area contributed by atoms with Gasteiger partial charge in [-0.25, -0.2) is 0 Å². The third-order valence-corrected chi connectivity index (χ3v) is 4.88. The molecule has 4 nitrogen and oxygen atoms in total. The summed E-state index contributed by atoms with van der Waals surface area (Å²) in [5.41, 5.74) is 4.46. The van der Waals surface area contributed by atoms with E-state index < -0.39 is 0 Å². The molecule has 3 aromatic rings. The number of ether oxygens (including phenoxy) is 1. The van der Waals surface area contributed by atoms with Crippen molar-refractivity contribution in [1.29, 1.82) is 0 Å². The maximum atomic E-state index is 9.76. The van der Waals surface area contributed by atoms with Crippen LogP contribution in [0.1, 0.15) is 29.7 Å². The zero-order valence-electron chi connectivity index (χ0n) is 14.6. The summed E-state index contributed by atoms with van der Waals surface area (Å²) in [5, 5.41) is 19.5. The number of fused-ring (bicyclic) bond motifs is 2. The molecule has 0 bridgehead atoms. The monoisotopic (exact) mass is 347 g/mol. The minimum absolute atomic E-state index is 0.0560. The van der Waals surface area contributed by atoms with Crippen LogP contribution in [0.25, 0.3) is 0 Å². The van der Waals surface area contributed by atoms with E-state index in [1.807, 2.05) is 54.6 Å². The van der Waals surface area contributed by atoms with Gasteiger partial charge in [0.2, 0.25) is 0 Å². The van der Waals surface area contributed by atoms with Crippen LogP contribution in [-0.2, 0) is 13.2 Å². The van der Waals surface area contributed by atoms with E-state index >= 15 is 0 Å². The van der Waals surface area contributed by atoms with Gasteiger partial charge >= 0.3 is 0 Å². The summed E-state index contributed by atoms with van der Waals surface area (Å²) in [7, 11) is 0. The van der Waals surface area contributed by atoms with Crippen molar-refractivity contribution in [2.75, 3.05) is 4.90 Å². The Bertz CT molecular complexity index is 870. The van der Waals surface area contributed by atoms with Crippen molar-refractivity contribution >= 4 is 11.4 Å². The van der Waals surface area contributed by atoms with Gasteiger partial charge < -0.3 is 19.8 Å². The summed E-state index contributed by atoms with van der Waals surface area (Å²) in [6.07, 6.45) is 0. The van der Waals surface area contributed by atoms with E-state index in [-0.39, 0.29) is 19.3 Å². The van der Waals surface area contributed by atoms with E-state index in [2.05, 4.69) is 24.0 Å². The molecular weight excluding hydrogens is 326 g/mol. The molecule has 0 spiro atoms. The van der Waals surface area contributed by atoms with Crippen LogP contribution >= 0.6 is 0 Å². The molecule has 2 N–H and O–H groups in total. The third kappa shape index (κ3) is 2.64. The topological polar surface area (TPSA) is 52.9 Å². The van der Waals surface area contributed by atoms with Crippen molar-refractivity contribution in [3.05, 3.63) is 83.4 Å². The standard InChI is InChI=1S/C22H21NO3/c1-15(16-7-3-2-4-8-16)23-19-11-5-9-17(13-24)21(19)26-22-18(14-25)10-6-12-20(22)23/h2-12,15,24-25H,13-14H2,1H3. The molecular formula is C22H21NO3. The molecule has 0 aliphatic carbocycles. The first kappa shape index (κ1) is 16.6. The Morgan fingerprint density at radius 3 is 1.81 bits per heavy atom. The van der Waals surface area contributed by atoms with Gasteiger partial charge in [-0.05, 0) is 24.6 Å². The first-order valence-corrected chi connectivity index (χ1v) is 8.72. The molecule has 1 atom stereocenters. The van der Waals surface area contributed by atoms with Crippen LogP contribution in [0, 0.1) is 0 Å². The van der Waals surface area contributed by atoms with Crippen LogP contribution in [0.5, 0.6) is 11.5 Å². The fraction of sp³-hybridized carbons (Fsp3) is 0.182. The highest BCUT2D eigenvalue weighted by atomic mass is 16.5. The highest BCUT2D eigenvalue weighted by Crippen LogP contribution is 2.52. The lowest BCUT2D eigenvalue weighted by atomic mass is 10.0. The van der Waals surface area contributed by atoms with E-state index in [1.54, 1.807) is 0 Å². The quantitative estimate of drug-likeness (QED) is 0.720. The average Bonchev–Trinajstić information content (AvgIpc) is 2.71. The summed E-state index contributed by atoms with van der Waals surface area (Å²) in [4.78, 5) is 2.21. The number of anilines is 2. The van der Waals surface area contributed by atoms with Gasteiger partial charge in [0.15, 0.2) is 11.5 Å². The third-order valence-electron chi connectivity index (χ3n) is 4.88. The van der Waals surface area contributed by atoms with Crippen LogP contribution < -0.4 is 9.64 Å². The van der Waals surface area contributed by atoms with Gasteiger partial charge in [-0.3, -0.25) is 0 Å². The molecule has 26 heavy (non-hydrogen) atoms. The van der Waals surface area contributed by atoms with Crippen molar-refractivity contribution in [2.24, 2.45) is 0 Å². The zero-order valence-corrected chi connectivity index (χ0v) is 14.6. The molecule has 1 unspecified atom stereocenters. The van der Waals surface area contributed by atoms with E-state index in [0.29, 0.717) is 11.5 Å². The number of hydrogen-bond acceptors (Lipinski definition) is 4. The number of aliphatic hydroxyl groups is 2. The summed E-state index contributed by atoms with van der Waals surface area (Å²) in [6.45, 7) is 1.94. The van der Waals surface area contributed by atoms with E-state index in [9.17, 15) is 10.2 Å². The van der Waals surface area contributed by atoms with Crippen LogP contribution in [0.3, 0.4) is 0 Å².